The molecule has 0 bridgehead atoms. The maximum Gasteiger partial charge on any atom is 0.279 e. The summed E-state index contributed by atoms with van der Waals surface area (Å²) in [7, 11) is 1.92. The quantitative estimate of drug-likeness (QED) is 0.718. The van der Waals surface area contributed by atoms with Crippen molar-refractivity contribution in [3.8, 4) is 11.5 Å². The van der Waals surface area contributed by atoms with E-state index in [9.17, 15) is 4.79 Å². The number of benzene rings is 2. The highest BCUT2D eigenvalue weighted by Gasteiger charge is 2.15. The number of nitrogens with zero attached hydrogens (tertiary/aromatic N) is 2. The van der Waals surface area contributed by atoms with Crippen molar-refractivity contribution in [1.82, 2.24) is 10.2 Å². The van der Waals surface area contributed by atoms with Crippen LogP contribution in [0.4, 0.5) is 5.69 Å². The minimum Gasteiger partial charge on any atom is -0.415 e. The standard InChI is InChI=1S/C19H20N4O2/c1-14-8-10-16(11-9-14)20-17(24)12-23(2)13-18-21-22-19(25-18)15-6-4-3-5-7-15/h3-11H,12-13H2,1-2H3,(H,20,24)/p+1. The van der Waals surface area contributed by atoms with Gasteiger partial charge in [0.25, 0.3) is 11.8 Å². The largest absolute Gasteiger partial charge is 0.415 e. The van der Waals surface area contributed by atoms with E-state index in [0.717, 1.165) is 21.7 Å². The number of quaternary nitrogens is 1. The molecule has 0 aliphatic heterocycles. The van der Waals surface area contributed by atoms with Crippen LogP contribution >= 0.6 is 0 Å². The molecule has 0 fully saturated rings. The fourth-order valence-electron chi connectivity index (χ4n) is 2.46. The molecule has 3 rings (SSSR count). The van der Waals surface area contributed by atoms with E-state index in [1.165, 1.54) is 0 Å². The summed E-state index contributed by atoms with van der Waals surface area (Å²) in [5.41, 5.74) is 2.84. The van der Waals surface area contributed by atoms with Crippen LogP contribution in [0.25, 0.3) is 11.5 Å². The highest BCUT2D eigenvalue weighted by Crippen LogP contribution is 2.16. The summed E-state index contributed by atoms with van der Waals surface area (Å²) < 4.78 is 5.68. The number of anilines is 1. The highest BCUT2D eigenvalue weighted by atomic mass is 16.4. The third kappa shape index (κ3) is 4.74. The van der Waals surface area contributed by atoms with Crippen molar-refractivity contribution in [2.24, 2.45) is 0 Å². The van der Waals surface area contributed by atoms with Crippen molar-refractivity contribution >= 4 is 11.6 Å². The first-order chi connectivity index (χ1) is 12.1. The van der Waals surface area contributed by atoms with Gasteiger partial charge in [0, 0.05) is 11.3 Å². The Morgan fingerprint density at radius 1 is 1.08 bits per heavy atom. The Bertz CT molecular complexity index is 828. The molecule has 0 saturated carbocycles. The van der Waals surface area contributed by atoms with Crippen molar-refractivity contribution in [1.29, 1.82) is 0 Å². The molecule has 1 aromatic heterocycles. The summed E-state index contributed by atoms with van der Waals surface area (Å²) >= 11 is 0. The normalized spacial score (nSPS) is 11.9. The molecule has 1 amide bonds. The predicted octanol–water partition coefficient (Wildman–Crippen LogP) is 1.70. The summed E-state index contributed by atoms with van der Waals surface area (Å²) in [6, 6.07) is 17.3. The van der Waals surface area contributed by atoms with E-state index in [-0.39, 0.29) is 5.91 Å². The van der Waals surface area contributed by atoms with Crippen LogP contribution in [-0.2, 0) is 11.3 Å². The summed E-state index contributed by atoms with van der Waals surface area (Å²) in [6.07, 6.45) is 0. The number of carbonyl (C=O) groups excluding carboxylic acids is 1. The zero-order valence-electron chi connectivity index (χ0n) is 14.3. The van der Waals surface area contributed by atoms with Gasteiger partial charge in [-0.1, -0.05) is 35.9 Å². The Morgan fingerprint density at radius 3 is 2.52 bits per heavy atom. The molecule has 0 saturated heterocycles. The number of aromatic nitrogens is 2. The van der Waals surface area contributed by atoms with Crippen molar-refractivity contribution < 1.29 is 14.1 Å². The average Bonchev–Trinajstić information content (AvgIpc) is 3.06. The van der Waals surface area contributed by atoms with Gasteiger partial charge in [0.05, 0.1) is 7.05 Å². The van der Waals surface area contributed by atoms with Gasteiger partial charge in [0.15, 0.2) is 13.1 Å². The number of amides is 1. The van der Waals surface area contributed by atoms with E-state index >= 15 is 0 Å². The van der Waals surface area contributed by atoms with Gasteiger partial charge in [-0.3, -0.25) is 4.79 Å². The van der Waals surface area contributed by atoms with Gasteiger partial charge in [-0.2, -0.15) is 0 Å². The monoisotopic (exact) mass is 337 g/mol. The van der Waals surface area contributed by atoms with Crippen LogP contribution in [0.5, 0.6) is 0 Å². The molecule has 0 aliphatic rings. The van der Waals surface area contributed by atoms with E-state index < -0.39 is 0 Å². The van der Waals surface area contributed by atoms with Crippen LogP contribution in [-0.4, -0.2) is 29.7 Å². The Hall–Kier alpha value is -2.99. The van der Waals surface area contributed by atoms with Crippen molar-refractivity contribution in [2.45, 2.75) is 13.5 Å². The lowest BCUT2D eigenvalue weighted by atomic mass is 10.2. The fourth-order valence-corrected chi connectivity index (χ4v) is 2.46. The first kappa shape index (κ1) is 16.9. The molecule has 6 heteroatoms. The lowest BCUT2D eigenvalue weighted by molar-refractivity contribution is -0.886. The topological polar surface area (TPSA) is 72.5 Å². The summed E-state index contributed by atoms with van der Waals surface area (Å²) in [5, 5.41) is 11.0. The van der Waals surface area contributed by atoms with E-state index in [0.29, 0.717) is 24.9 Å². The zero-order valence-corrected chi connectivity index (χ0v) is 14.3. The molecular weight excluding hydrogens is 316 g/mol. The molecule has 6 nitrogen and oxygen atoms in total. The van der Waals surface area contributed by atoms with Crippen molar-refractivity contribution in [3.63, 3.8) is 0 Å². The minimum absolute atomic E-state index is 0.0517. The molecule has 2 N–H and O–H groups in total. The smallest absolute Gasteiger partial charge is 0.279 e. The third-order valence-corrected chi connectivity index (χ3v) is 3.74. The minimum atomic E-state index is -0.0517. The molecule has 2 aromatic carbocycles. The highest BCUT2D eigenvalue weighted by molar-refractivity contribution is 5.91. The third-order valence-electron chi connectivity index (χ3n) is 3.74. The molecule has 1 atom stereocenters. The predicted molar refractivity (Wildman–Crippen MR) is 95.0 cm³/mol. The Labute approximate surface area is 146 Å². The Kier molecular flexibility index (Phi) is 5.20. The van der Waals surface area contributed by atoms with Crippen molar-refractivity contribution in [3.05, 3.63) is 66.1 Å². The molecule has 1 unspecified atom stereocenters. The summed E-state index contributed by atoms with van der Waals surface area (Å²) in [5.74, 6) is 0.955. The van der Waals surface area contributed by atoms with Gasteiger partial charge in [0.2, 0.25) is 5.89 Å². The molecule has 128 valence electrons. The molecule has 3 aromatic rings. The second-order valence-corrected chi connectivity index (χ2v) is 6.09. The van der Waals surface area contributed by atoms with Crippen LogP contribution < -0.4 is 10.2 Å². The van der Waals surface area contributed by atoms with Gasteiger partial charge in [-0.25, -0.2) is 0 Å². The maximum absolute atomic E-state index is 12.1. The van der Waals surface area contributed by atoms with Gasteiger partial charge >= 0.3 is 0 Å². The molecule has 0 spiro atoms. The van der Waals surface area contributed by atoms with Crippen molar-refractivity contribution in [2.75, 3.05) is 18.9 Å². The Morgan fingerprint density at radius 2 is 1.80 bits per heavy atom. The van der Waals surface area contributed by atoms with Crippen LogP contribution in [0.15, 0.2) is 59.0 Å². The molecule has 25 heavy (non-hydrogen) atoms. The average molecular weight is 337 g/mol. The first-order valence-electron chi connectivity index (χ1n) is 8.16. The molecule has 0 radical (unpaired) electrons. The summed E-state index contributed by atoms with van der Waals surface area (Å²) in [4.78, 5) is 13.1. The number of nitrogens with one attached hydrogen (secondary N) is 2. The SMILES string of the molecule is Cc1ccc(NC(=O)C[NH+](C)Cc2nnc(-c3ccccc3)o2)cc1. The maximum atomic E-state index is 12.1. The van der Waals surface area contributed by atoms with Crippen LogP contribution in [0.3, 0.4) is 0 Å². The van der Waals surface area contributed by atoms with Gasteiger partial charge in [-0.05, 0) is 31.2 Å². The second kappa shape index (κ2) is 7.72. The number of likely N-dealkylation sites (N-methyl/N-ethyl adjacent to an activating group) is 1. The number of hydrogen-bond donors (Lipinski definition) is 2. The van der Waals surface area contributed by atoms with Crippen LogP contribution in [0.2, 0.25) is 0 Å². The van der Waals surface area contributed by atoms with Gasteiger partial charge in [0.1, 0.15) is 0 Å². The van der Waals surface area contributed by atoms with Gasteiger partial charge in [-0.15, -0.1) is 10.2 Å². The number of hydrogen-bond acceptors (Lipinski definition) is 4. The number of rotatable bonds is 6. The molecule has 0 aliphatic carbocycles. The van der Waals surface area contributed by atoms with Crippen LogP contribution in [0.1, 0.15) is 11.5 Å². The van der Waals surface area contributed by atoms with E-state index in [2.05, 4.69) is 15.5 Å². The van der Waals surface area contributed by atoms with E-state index in [1.807, 2.05) is 68.6 Å². The lowest BCUT2D eigenvalue weighted by Crippen LogP contribution is -3.08. The molecular formula is C19H21N4O2+. The van der Waals surface area contributed by atoms with E-state index in [4.69, 9.17) is 4.42 Å². The zero-order chi connectivity index (χ0) is 17.6. The van der Waals surface area contributed by atoms with E-state index in [1.54, 1.807) is 0 Å². The Balaban J connectivity index is 1.54. The van der Waals surface area contributed by atoms with Gasteiger partial charge < -0.3 is 14.6 Å². The van der Waals surface area contributed by atoms with Crippen LogP contribution in [0, 0.1) is 6.92 Å². The molecule has 1 heterocycles. The number of carbonyl (C=O) groups is 1. The number of aryl methyl sites for hydroxylation is 1. The summed E-state index contributed by atoms with van der Waals surface area (Å²) in [6.45, 7) is 2.82. The lowest BCUT2D eigenvalue weighted by Gasteiger charge is -2.11. The second-order valence-electron chi connectivity index (χ2n) is 6.09. The fraction of sp³-hybridized carbons (Fsp3) is 0.211. The first-order valence-corrected chi connectivity index (χ1v) is 8.16.